The Hall–Kier alpha value is -3.94. The van der Waals surface area contributed by atoms with Gasteiger partial charge in [-0.25, -0.2) is 4.99 Å². The van der Waals surface area contributed by atoms with Gasteiger partial charge < -0.3 is 24.4 Å². The highest BCUT2D eigenvalue weighted by molar-refractivity contribution is 8.16. The van der Waals surface area contributed by atoms with E-state index in [9.17, 15) is 0 Å². The van der Waals surface area contributed by atoms with Gasteiger partial charge >= 0.3 is 0 Å². The predicted molar refractivity (Wildman–Crippen MR) is 154 cm³/mol. The van der Waals surface area contributed by atoms with Crippen LogP contribution in [0.15, 0.2) is 100 Å². The van der Waals surface area contributed by atoms with Crippen LogP contribution in [0.5, 0.6) is 17.2 Å². The number of methoxy groups -OCH3 is 3. The number of hydrogen-bond donors (Lipinski definition) is 1. The molecule has 0 bridgehead atoms. The molecule has 0 fully saturated rings. The van der Waals surface area contributed by atoms with Crippen molar-refractivity contribution in [1.82, 2.24) is 10.2 Å². The third kappa shape index (κ3) is 4.27. The van der Waals surface area contributed by atoms with Crippen LogP contribution in [0.25, 0.3) is 11.8 Å². The van der Waals surface area contributed by atoms with Crippen molar-refractivity contribution in [3.8, 4) is 17.2 Å². The Kier molecular flexibility index (Phi) is 6.70. The minimum absolute atomic E-state index is 0.0779. The fourth-order valence-corrected chi connectivity index (χ4v) is 6.19. The lowest BCUT2D eigenvalue weighted by atomic mass is 9.88. The number of ether oxygens (including phenoxy) is 3. The quantitative estimate of drug-likeness (QED) is 0.421. The highest BCUT2D eigenvalue weighted by Crippen LogP contribution is 2.50. The molecule has 192 valence electrons. The van der Waals surface area contributed by atoms with Gasteiger partial charge in [0.05, 0.1) is 38.8 Å². The van der Waals surface area contributed by atoms with Gasteiger partial charge in [-0.2, -0.15) is 0 Å². The molecule has 3 aromatic rings. The van der Waals surface area contributed by atoms with E-state index in [0.29, 0.717) is 0 Å². The zero-order valence-electron chi connectivity index (χ0n) is 21.6. The molecule has 1 unspecified atom stereocenters. The number of thioether (sulfide) groups is 1. The van der Waals surface area contributed by atoms with Gasteiger partial charge in [-0.1, -0.05) is 48.2 Å². The number of amidine groups is 1. The summed E-state index contributed by atoms with van der Waals surface area (Å²) >= 11 is 1.66. The number of aliphatic imine (C=N–C) groups is 1. The topological polar surface area (TPSA) is 55.3 Å². The van der Waals surface area contributed by atoms with Crippen LogP contribution in [-0.2, 0) is 0 Å². The van der Waals surface area contributed by atoms with Crippen molar-refractivity contribution in [1.29, 1.82) is 0 Å². The number of fused-ring (bicyclic) bond motifs is 1. The first-order chi connectivity index (χ1) is 18.7. The summed E-state index contributed by atoms with van der Waals surface area (Å²) in [7, 11) is 5.13. The summed E-state index contributed by atoms with van der Waals surface area (Å²) in [6.07, 6.45) is 2.19. The molecule has 0 aromatic heterocycles. The van der Waals surface area contributed by atoms with Gasteiger partial charge in [0.15, 0.2) is 5.17 Å². The first kappa shape index (κ1) is 24.4. The number of nitrogens with one attached hydrogen (secondary N) is 1. The lowest BCUT2D eigenvalue weighted by molar-refractivity contribution is 0.388. The van der Waals surface area contributed by atoms with Crippen LogP contribution >= 0.6 is 11.8 Å². The van der Waals surface area contributed by atoms with Crippen LogP contribution in [0.1, 0.15) is 22.7 Å². The minimum atomic E-state index is -0.0779. The van der Waals surface area contributed by atoms with Crippen molar-refractivity contribution in [2.45, 2.75) is 6.04 Å². The minimum Gasteiger partial charge on any atom is -0.497 e. The summed E-state index contributed by atoms with van der Waals surface area (Å²) in [4.78, 5) is 7.60. The largest absolute Gasteiger partial charge is 0.497 e. The van der Waals surface area contributed by atoms with Crippen molar-refractivity contribution >= 4 is 28.7 Å². The smallest absolute Gasteiger partial charge is 0.174 e. The molecule has 38 heavy (non-hydrogen) atoms. The van der Waals surface area contributed by atoms with E-state index in [-0.39, 0.29) is 6.04 Å². The van der Waals surface area contributed by atoms with Crippen LogP contribution in [0.2, 0.25) is 0 Å². The van der Waals surface area contributed by atoms with E-state index < -0.39 is 0 Å². The number of rotatable bonds is 6. The molecule has 6 nitrogen and oxygen atoms in total. The lowest BCUT2D eigenvalue weighted by Gasteiger charge is -2.40. The van der Waals surface area contributed by atoms with Gasteiger partial charge in [0, 0.05) is 29.6 Å². The van der Waals surface area contributed by atoms with Gasteiger partial charge in [0.25, 0.3) is 0 Å². The second-order valence-electron chi connectivity index (χ2n) is 9.15. The molecule has 0 aliphatic carbocycles. The van der Waals surface area contributed by atoms with Gasteiger partial charge in [-0.3, -0.25) is 0 Å². The Morgan fingerprint density at radius 1 is 0.868 bits per heavy atom. The average molecular weight is 524 g/mol. The maximum atomic E-state index is 5.87. The van der Waals surface area contributed by atoms with Gasteiger partial charge in [0.1, 0.15) is 17.2 Å². The fourth-order valence-electron chi connectivity index (χ4n) is 5.26. The van der Waals surface area contributed by atoms with E-state index in [4.69, 9.17) is 19.2 Å². The van der Waals surface area contributed by atoms with Crippen molar-refractivity contribution in [2.24, 2.45) is 4.99 Å². The van der Waals surface area contributed by atoms with Crippen molar-refractivity contribution in [2.75, 3.05) is 34.4 Å². The molecular formula is C31H29N3O3S. The Bertz CT molecular complexity index is 1490. The van der Waals surface area contributed by atoms with E-state index >= 15 is 0 Å². The second-order valence-corrected chi connectivity index (χ2v) is 9.98. The van der Waals surface area contributed by atoms with E-state index in [1.165, 1.54) is 5.57 Å². The third-order valence-corrected chi connectivity index (χ3v) is 7.90. The van der Waals surface area contributed by atoms with Crippen molar-refractivity contribution < 1.29 is 14.2 Å². The Morgan fingerprint density at radius 2 is 1.61 bits per heavy atom. The number of nitrogens with zero attached hydrogens (tertiary/aromatic N) is 2. The molecule has 3 aromatic carbocycles. The monoisotopic (exact) mass is 523 g/mol. The van der Waals surface area contributed by atoms with Crippen LogP contribution in [0.3, 0.4) is 0 Å². The molecular weight excluding hydrogens is 494 g/mol. The summed E-state index contributed by atoms with van der Waals surface area (Å²) in [5.74, 6) is 2.54. The molecule has 3 aliphatic rings. The zero-order valence-corrected chi connectivity index (χ0v) is 22.4. The summed E-state index contributed by atoms with van der Waals surface area (Å²) in [5, 5.41) is 6.78. The Labute approximate surface area is 227 Å². The number of benzene rings is 3. The van der Waals surface area contributed by atoms with Crippen LogP contribution in [0.4, 0.5) is 0 Å². The third-order valence-electron chi connectivity index (χ3n) is 7.06. The van der Waals surface area contributed by atoms with Gasteiger partial charge in [0.2, 0.25) is 0 Å². The van der Waals surface area contributed by atoms with Crippen molar-refractivity contribution in [3.05, 3.63) is 112 Å². The highest BCUT2D eigenvalue weighted by atomic mass is 32.2. The van der Waals surface area contributed by atoms with E-state index in [1.54, 1.807) is 33.1 Å². The van der Waals surface area contributed by atoms with E-state index in [2.05, 4.69) is 52.0 Å². The van der Waals surface area contributed by atoms with Gasteiger partial charge in [-0.15, -0.1) is 0 Å². The van der Waals surface area contributed by atoms with Crippen LogP contribution < -0.4 is 19.5 Å². The van der Waals surface area contributed by atoms with Gasteiger partial charge in [-0.05, 0) is 59.2 Å². The zero-order chi connectivity index (χ0) is 26.1. The summed E-state index contributed by atoms with van der Waals surface area (Å²) in [5.41, 5.74) is 7.76. The first-order valence-corrected chi connectivity index (χ1v) is 13.4. The highest BCUT2D eigenvalue weighted by Gasteiger charge is 2.41. The van der Waals surface area contributed by atoms with E-state index in [0.717, 1.165) is 69.2 Å². The molecule has 0 spiro atoms. The molecule has 3 heterocycles. The Morgan fingerprint density at radius 3 is 2.37 bits per heavy atom. The lowest BCUT2D eigenvalue weighted by Crippen LogP contribution is -2.40. The molecule has 7 heteroatoms. The predicted octanol–water partition coefficient (Wildman–Crippen LogP) is 6.11. The fraction of sp³-hybridized carbons (Fsp3) is 0.194. The maximum Gasteiger partial charge on any atom is 0.174 e. The van der Waals surface area contributed by atoms with E-state index in [1.807, 2.05) is 42.5 Å². The first-order valence-electron chi connectivity index (χ1n) is 12.5. The summed E-state index contributed by atoms with van der Waals surface area (Å²) < 4.78 is 16.9. The maximum absolute atomic E-state index is 5.87. The molecule has 0 amide bonds. The second kappa shape index (κ2) is 10.4. The molecule has 1 N–H and O–H groups in total. The summed E-state index contributed by atoms with van der Waals surface area (Å²) in [6.45, 7) is 1.46. The summed E-state index contributed by atoms with van der Waals surface area (Å²) in [6, 6.07) is 24.5. The molecule has 6 rings (SSSR count). The average Bonchev–Trinajstić information content (AvgIpc) is 3.40. The normalized spacial score (nSPS) is 19.5. The molecule has 0 saturated carbocycles. The SMILES string of the molecule is COc1ccc(C2=CSC3=NC4=C(CNC/C4=C\c4ccccc4OC)C(c4ccccc4OC)N23)cc1. The Balaban J connectivity index is 1.51. The standard InChI is InChI=1S/C31H29N3O3S/c1-35-23-14-12-20(13-15-23)26-19-38-31-33-29-22(16-21-8-4-6-10-27(21)36-2)17-32-18-25(29)30(34(26)31)24-9-5-7-11-28(24)37-3/h4-16,19,30,32H,17-18H2,1-3H3/b22-16+. The number of hydrogen-bond acceptors (Lipinski definition) is 7. The number of para-hydroxylation sites is 2. The molecule has 0 radical (unpaired) electrons. The van der Waals surface area contributed by atoms with Crippen LogP contribution in [0, 0.1) is 0 Å². The van der Waals surface area contributed by atoms with Crippen LogP contribution in [-0.4, -0.2) is 44.5 Å². The molecule has 1 atom stereocenters. The van der Waals surface area contributed by atoms with Crippen molar-refractivity contribution in [3.63, 3.8) is 0 Å². The molecule has 3 aliphatic heterocycles. The molecule has 0 saturated heterocycles.